The average Bonchev–Trinajstić information content (AvgIpc) is 2.45. The Labute approximate surface area is 118 Å². The van der Waals surface area contributed by atoms with Crippen molar-refractivity contribution in [3.8, 4) is 11.5 Å². The molecular weight excluding hydrogens is 252 g/mol. The molecule has 0 aliphatic carbocycles. The van der Waals surface area contributed by atoms with E-state index in [1.54, 1.807) is 24.3 Å². The second-order valence-corrected chi connectivity index (χ2v) is 4.91. The van der Waals surface area contributed by atoms with Crippen molar-refractivity contribution in [3.05, 3.63) is 59.7 Å². The van der Waals surface area contributed by atoms with E-state index in [9.17, 15) is 10.2 Å². The molecule has 0 saturated carbocycles. The van der Waals surface area contributed by atoms with Crippen LogP contribution in [0.5, 0.6) is 11.5 Å². The van der Waals surface area contributed by atoms with Gasteiger partial charge in [-0.25, -0.2) is 0 Å². The summed E-state index contributed by atoms with van der Waals surface area (Å²) in [5, 5.41) is 19.5. The van der Waals surface area contributed by atoms with Gasteiger partial charge in [-0.1, -0.05) is 36.4 Å². The van der Waals surface area contributed by atoms with Crippen LogP contribution in [-0.2, 0) is 0 Å². The fraction of sp³-hybridized carbons (Fsp3) is 0.250. The van der Waals surface area contributed by atoms with Crippen molar-refractivity contribution in [1.29, 1.82) is 0 Å². The minimum absolute atomic E-state index is 0.205. The first-order chi connectivity index (χ1) is 9.59. The summed E-state index contributed by atoms with van der Waals surface area (Å²) in [5.41, 5.74) is 13.6. The first kappa shape index (κ1) is 14.4. The smallest absolute Gasteiger partial charge is 0.120 e. The minimum Gasteiger partial charge on any atom is -0.508 e. The topological polar surface area (TPSA) is 92.5 Å². The lowest BCUT2D eigenvalue weighted by molar-refractivity contribution is 0.443. The van der Waals surface area contributed by atoms with E-state index in [0.29, 0.717) is 12.8 Å². The van der Waals surface area contributed by atoms with Gasteiger partial charge in [0.2, 0.25) is 0 Å². The highest BCUT2D eigenvalue weighted by atomic mass is 16.3. The van der Waals surface area contributed by atoms with Gasteiger partial charge >= 0.3 is 0 Å². The molecule has 2 unspecified atom stereocenters. The molecule has 0 saturated heterocycles. The van der Waals surface area contributed by atoms with Crippen LogP contribution in [0.25, 0.3) is 0 Å². The lowest BCUT2D eigenvalue weighted by atomic mass is 9.96. The van der Waals surface area contributed by atoms with Crippen molar-refractivity contribution in [2.75, 3.05) is 0 Å². The van der Waals surface area contributed by atoms with Gasteiger partial charge in [-0.3, -0.25) is 0 Å². The van der Waals surface area contributed by atoms with Gasteiger partial charge in [0.1, 0.15) is 11.5 Å². The Balaban J connectivity index is 1.99. The predicted molar refractivity (Wildman–Crippen MR) is 79.3 cm³/mol. The molecule has 4 heteroatoms. The summed E-state index contributed by atoms with van der Waals surface area (Å²) in [5.74, 6) is 0.409. The highest BCUT2D eigenvalue weighted by molar-refractivity contribution is 5.35. The summed E-state index contributed by atoms with van der Waals surface area (Å²) in [6, 6.07) is 13.5. The maximum absolute atomic E-state index is 9.76. The maximum Gasteiger partial charge on any atom is 0.120 e. The molecule has 0 heterocycles. The first-order valence-electron chi connectivity index (χ1n) is 6.66. The van der Waals surface area contributed by atoms with Crippen molar-refractivity contribution >= 4 is 0 Å². The molecule has 4 nitrogen and oxygen atoms in total. The van der Waals surface area contributed by atoms with Crippen molar-refractivity contribution in [2.45, 2.75) is 24.9 Å². The van der Waals surface area contributed by atoms with Crippen LogP contribution in [0, 0.1) is 0 Å². The van der Waals surface area contributed by atoms with Gasteiger partial charge in [0, 0.05) is 23.2 Å². The highest BCUT2D eigenvalue weighted by Gasteiger charge is 2.15. The zero-order chi connectivity index (χ0) is 14.5. The molecule has 2 rings (SSSR count). The van der Waals surface area contributed by atoms with Crippen LogP contribution >= 0.6 is 0 Å². The number of nitrogens with two attached hydrogens (primary N) is 2. The third kappa shape index (κ3) is 3.29. The number of phenolic OH excluding ortho intramolecular Hbond substituents is 2. The van der Waals surface area contributed by atoms with Crippen LogP contribution < -0.4 is 11.5 Å². The van der Waals surface area contributed by atoms with E-state index in [1.807, 2.05) is 24.3 Å². The maximum atomic E-state index is 9.76. The Bertz CT molecular complexity index is 520. The Morgan fingerprint density at radius 2 is 1.05 bits per heavy atom. The molecule has 106 valence electrons. The van der Waals surface area contributed by atoms with Gasteiger partial charge < -0.3 is 21.7 Å². The van der Waals surface area contributed by atoms with E-state index < -0.39 is 0 Å². The van der Waals surface area contributed by atoms with E-state index >= 15 is 0 Å². The van der Waals surface area contributed by atoms with Gasteiger partial charge in [-0.05, 0) is 25.0 Å². The Hall–Kier alpha value is -2.04. The van der Waals surface area contributed by atoms with Crippen LogP contribution in [0.3, 0.4) is 0 Å². The van der Waals surface area contributed by atoms with E-state index in [0.717, 1.165) is 11.1 Å². The lowest BCUT2D eigenvalue weighted by Gasteiger charge is -2.17. The summed E-state index contributed by atoms with van der Waals surface area (Å²) in [6.07, 6.45) is 1.26. The van der Waals surface area contributed by atoms with Crippen molar-refractivity contribution in [2.24, 2.45) is 11.5 Å². The van der Waals surface area contributed by atoms with Gasteiger partial charge in [-0.2, -0.15) is 0 Å². The summed E-state index contributed by atoms with van der Waals surface area (Å²) in [4.78, 5) is 0. The zero-order valence-corrected chi connectivity index (χ0v) is 11.2. The molecule has 0 amide bonds. The molecule has 0 radical (unpaired) electrons. The second-order valence-electron chi connectivity index (χ2n) is 4.91. The number of hydrogen-bond acceptors (Lipinski definition) is 4. The van der Waals surface area contributed by atoms with Crippen LogP contribution in [0.1, 0.15) is 36.1 Å². The SMILES string of the molecule is NC(CCC(N)c1ccccc1O)c1ccccc1O. The Morgan fingerprint density at radius 3 is 1.40 bits per heavy atom. The average molecular weight is 272 g/mol. The van der Waals surface area contributed by atoms with E-state index in [-0.39, 0.29) is 23.6 Å². The number of phenols is 2. The zero-order valence-electron chi connectivity index (χ0n) is 11.2. The molecule has 0 aliphatic heterocycles. The normalized spacial score (nSPS) is 13.9. The van der Waals surface area contributed by atoms with E-state index in [2.05, 4.69) is 0 Å². The molecule has 2 atom stereocenters. The number of benzene rings is 2. The van der Waals surface area contributed by atoms with Crippen LogP contribution in [0.2, 0.25) is 0 Å². The van der Waals surface area contributed by atoms with Crippen molar-refractivity contribution < 1.29 is 10.2 Å². The molecular formula is C16H20N2O2. The monoisotopic (exact) mass is 272 g/mol. The first-order valence-corrected chi connectivity index (χ1v) is 6.66. The minimum atomic E-state index is -0.270. The van der Waals surface area contributed by atoms with Crippen molar-refractivity contribution in [1.82, 2.24) is 0 Å². The molecule has 0 aromatic heterocycles. The third-order valence-electron chi connectivity index (χ3n) is 3.46. The molecule has 2 aromatic carbocycles. The Kier molecular flexibility index (Phi) is 4.61. The standard InChI is InChI=1S/C16H20N2O2/c17-13(11-5-1-3-7-15(11)19)9-10-14(18)12-6-2-4-8-16(12)20/h1-8,13-14,19-20H,9-10,17-18H2. The van der Waals surface area contributed by atoms with Gasteiger partial charge in [0.25, 0.3) is 0 Å². The largest absolute Gasteiger partial charge is 0.508 e. The van der Waals surface area contributed by atoms with Crippen LogP contribution in [-0.4, -0.2) is 10.2 Å². The van der Waals surface area contributed by atoms with Gasteiger partial charge in [-0.15, -0.1) is 0 Å². The summed E-state index contributed by atoms with van der Waals surface area (Å²) >= 11 is 0. The summed E-state index contributed by atoms with van der Waals surface area (Å²) < 4.78 is 0. The quantitative estimate of drug-likeness (QED) is 0.673. The Morgan fingerprint density at radius 1 is 0.700 bits per heavy atom. The molecule has 0 bridgehead atoms. The molecule has 2 aromatic rings. The van der Waals surface area contributed by atoms with Crippen molar-refractivity contribution in [3.63, 3.8) is 0 Å². The third-order valence-corrected chi connectivity index (χ3v) is 3.46. The number of para-hydroxylation sites is 2. The molecule has 0 spiro atoms. The predicted octanol–water partition coefficient (Wildman–Crippen LogP) is 2.58. The fourth-order valence-electron chi connectivity index (χ4n) is 2.27. The van der Waals surface area contributed by atoms with E-state index in [1.165, 1.54) is 0 Å². The lowest BCUT2D eigenvalue weighted by Crippen LogP contribution is -2.16. The molecule has 6 N–H and O–H groups in total. The number of hydrogen-bond donors (Lipinski definition) is 4. The van der Waals surface area contributed by atoms with E-state index in [4.69, 9.17) is 11.5 Å². The fourth-order valence-corrected chi connectivity index (χ4v) is 2.27. The van der Waals surface area contributed by atoms with Gasteiger partial charge in [0.15, 0.2) is 0 Å². The number of rotatable bonds is 5. The van der Waals surface area contributed by atoms with Gasteiger partial charge in [0.05, 0.1) is 0 Å². The van der Waals surface area contributed by atoms with Crippen LogP contribution in [0.15, 0.2) is 48.5 Å². The second kappa shape index (κ2) is 6.41. The molecule has 20 heavy (non-hydrogen) atoms. The highest BCUT2D eigenvalue weighted by Crippen LogP contribution is 2.29. The molecule has 0 aliphatic rings. The number of aromatic hydroxyl groups is 2. The summed E-state index contributed by atoms with van der Waals surface area (Å²) in [6.45, 7) is 0. The summed E-state index contributed by atoms with van der Waals surface area (Å²) in [7, 11) is 0. The van der Waals surface area contributed by atoms with Crippen LogP contribution in [0.4, 0.5) is 0 Å². The molecule has 0 fully saturated rings.